The van der Waals surface area contributed by atoms with Crippen LogP contribution in [0, 0.1) is 19.8 Å². The standard InChI is InChI=1S/C26H32N4O4S/c1-18-8-9-23(16-19(18)2)35(32,33)30-13-10-20(11-14-30)26(31)28-24(25-27-12-15-29(25)3)21-6-5-7-22(17-21)34-4/h5-9,12,15-17,20,24H,10-11,13-14H2,1-4H3,(H,28,31)/t24-/m1/s1. The zero-order valence-corrected chi connectivity index (χ0v) is 21.4. The predicted octanol–water partition coefficient (Wildman–Crippen LogP) is 3.35. The Morgan fingerprint density at radius 3 is 2.49 bits per heavy atom. The third-order valence-corrected chi connectivity index (χ3v) is 8.67. The molecule has 1 N–H and O–H groups in total. The molecule has 0 unspecified atom stereocenters. The van der Waals surface area contributed by atoms with Gasteiger partial charge in [0.15, 0.2) is 0 Å². The minimum Gasteiger partial charge on any atom is -0.497 e. The number of aromatic nitrogens is 2. The monoisotopic (exact) mass is 496 g/mol. The highest BCUT2D eigenvalue weighted by atomic mass is 32.2. The van der Waals surface area contributed by atoms with Crippen LogP contribution in [0.25, 0.3) is 0 Å². The molecule has 0 aliphatic carbocycles. The van der Waals surface area contributed by atoms with Crippen molar-refractivity contribution in [3.8, 4) is 5.75 Å². The number of nitrogens with zero attached hydrogens (tertiary/aromatic N) is 3. The Balaban J connectivity index is 1.47. The summed E-state index contributed by atoms with van der Waals surface area (Å²) in [5.41, 5.74) is 2.86. The number of carbonyl (C=O) groups excluding carboxylic acids is 1. The lowest BCUT2D eigenvalue weighted by Gasteiger charge is -2.31. The van der Waals surface area contributed by atoms with Gasteiger partial charge < -0.3 is 14.6 Å². The number of benzene rings is 2. The molecule has 186 valence electrons. The number of piperidine rings is 1. The highest BCUT2D eigenvalue weighted by Crippen LogP contribution is 2.28. The lowest BCUT2D eigenvalue weighted by molar-refractivity contribution is -0.126. The quantitative estimate of drug-likeness (QED) is 0.542. The van der Waals surface area contributed by atoms with Gasteiger partial charge in [-0.25, -0.2) is 13.4 Å². The zero-order chi connectivity index (χ0) is 25.2. The Bertz CT molecular complexity index is 1310. The fraction of sp³-hybridized carbons (Fsp3) is 0.385. The second kappa shape index (κ2) is 10.2. The number of ether oxygens (including phenoxy) is 1. The van der Waals surface area contributed by atoms with Gasteiger partial charge in [0.05, 0.1) is 12.0 Å². The lowest BCUT2D eigenvalue weighted by atomic mass is 9.96. The Labute approximate surface area is 207 Å². The summed E-state index contributed by atoms with van der Waals surface area (Å²) in [7, 11) is -0.0998. The van der Waals surface area contributed by atoms with Crippen molar-refractivity contribution in [2.45, 2.75) is 37.6 Å². The molecule has 1 saturated heterocycles. The topological polar surface area (TPSA) is 93.5 Å². The smallest absolute Gasteiger partial charge is 0.243 e. The van der Waals surface area contributed by atoms with Crippen LogP contribution in [0.2, 0.25) is 0 Å². The number of sulfonamides is 1. The maximum atomic E-state index is 13.3. The molecule has 1 fully saturated rings. The molecule has 0 bridgehead atoms. The molecule has 2 aromatic carbocycles. The van der Waals surface area contributed by atoms with Crippen molar-refractivity contribution in [2.24, 2.45) is 13.0 Å². The first-order valence-corrected chi connectivity index (χ1v) is 13.1. The van der Waals surface area contributed by atoms with E-state index in [2.05, 4.69) is 10.3 Å². The first kappa shape index (κ1) is 24.9. The first-order valence-electron chi connectivity index (χ1n) is 11.7. The van der Waals surface area contributed by atoms with Gasteiger partial charge in [0.25, 0.3) is 0 Å². The minimum absolute atomic E-state index is 0.107. The average Bonchev–Trinajstić information content (AvgIpc) is 3.29. The summed E-state index contributed by atoms with van der Waals surface area (Å²) in [5.74, 6) is 1.01. The van der Waals surface area contributed by atoms with E-state index in [0.29, 0.717) is 42.4 Å². The van der Waals surface area contributed by atoms with Crippen molar-refractivity contribution in [3.63, 3.8) is 0 Å². The van der Waals surface area contributed by atoms with Crippen LogP contribution in [0.4, 0.5) is 0 Å². The van der Waals surface area contributed by atoms with E-state index in [4.69, 9.17) is 4.74 Å². The maximum absolute atomic E-state index is 13.3. The van der Waals surface area contributed by atoms with E-state index in [1.807, 2.05) is 62.0 Å². The molecule has 2 heterocycles. The second-order valence-corrected chi connectivity index (χ2v) is 11.0. The fourth-order valence-electron chi connectivity index (χ4n) is 4.42. The van der Waals surface area contributed by atoms with E-state index < -0.39 is 16.1 Å². The third-order valence-electron chi connectivity index (χ3n) is 6.77. The van der Waals surface area contributed by atoms with Gasteiger partial charge in [-0.1, -0.05) is 18.2 Å². The van der Waals surface area contributed by atoms with Crippen LogP contribution in [-0.4, -0.2) is 48.4 Å². The molecular weight excluding hydrogens is 464 g/mol. The summed E-state index contributed by atoms with van der Waals surface area (Å²) in [6, 6.07) is 12.3. The van der Waals surface area contributed by atoms with E-state index >= 15 is 0 Å². The summed E-state index contributed by atoms with van der Waals surface area (Å²) in [6.07, 6.45) is 4.46. The molecule has 8 nitrogen and oxygen atoms in total. The summed E-state index contributed by atoms with van der Waals surface area (Å²) in [6.45, 7) is 4.48. The third kappa shape index (κ3) is 5.26. The summed E-state index contributed by atoms with van der Waals surface area (Å²) >= 11 is 0. The molecule has 1 aliphatic rings. The summed E-state index contributed by atoms with van der Waals surface area (Å²) < 4.78 is 35.0. The van der Waals surface area contributed by atoms with Crippen molar-refractivity contribution in [3.05, 3.63) is 77.4 Å². The summed E-state index contributed by atoms with van der Waals surface area (Å²) in [5, 5.41) is 3.15. The number of aryl methyl sites for hydroxylation is 3. The van der Waals surface area contributed by atoms with E-state index in [9.17, 15) is 13.2 Å². The highest BCUT2D eigenvalue weighted by molar-refractivity contribution is 7.89. The Hall–Kier alpha value is -3.17. The highest BCUT2D eigenvalue weighted by Gasteiger charge is 2.33. The Morgan fingerprint density at radius 2 is 1.86 bits per heavy atom. The number of rotatable bonds is 7. The Morgan fingerprint density at radius 1 is 1.11 bits per heavy atom. The average molecular weight is 497 g/mol. The van der Waals surface area contributed by atoms with Crippen molar-refractivity contribution in [2.75, 3.05) is 20.2 Å². The number of nitrogens with one attached hydrogen (secondary N) is 1. The molecular formula is C26H32N4O4S. The van der Waals surface area contributed by atoms with Crippen LogP contribution in [-0.2, 0) is 21.9 Å². The molecule has 0 spiro atoms. The molecule has 0 radical (unpaired) electrons. The van der Waals surface area contributed by atoms with Crippen molar-refractivity contribution < 1.29 is 17.9 Å². The van der Waals surface area contributed by atoms with Crippen LogP contribution in [0.1, 0.15) is 41.4 Å². The van der Waals surface area contributed by atoms with Gasteiger partial charge in [-0.15, -0.1) is 0 Å². The SMILES string of the molecule is COc1cccc([C@@H](NC(=O)C2CCN(S(=O)(=O)c3ccc(C)c(C)c3)CC2)c2nccn2C)c1. The number of hydrogen-bond acceptors (Lipinski definition) is 5. The van der Waals surface area contributed by atoms with Crippen LogP contribution in [0.3, 0.4) is 0 Å². The second-order valence-electron chi connectivity index (χ2n) is 9.04. The van der Waals surface area contributed by atoms with Crippen LogP contribution in [0.15, 0.2) is 59.8 Å². The fourth-order valence-corrected chi connectivity index (χ4v) is 5.97. The Kier molecular flexibility index (Phi) is 7.28. The molecule has 4 rings (SSSR count). The van der Waals surface area contributed by atoms with Gasteiger partial charge in [0, 0.05) is 38.4 Å². The van der Waals surface area contributed by atoms with Gasteiger partial charge in [-0.3, -0.25) is 4.79 Å². The number of hydrogen-bond donors (Lipinski definition) is 1. The van der Waals surface area contributed by atoms with E-state index in [0.717, 1.165) is 16.7 Å². The normalized spacial score (nSPS) is 16.1. The molecule has 1 amide bonds. The summed E-state index contributed by atoms with van der Waals surface area (Å²) in [4.78, 5) is 18.1. The number of carbonyl (C=O) groups is 1. The van der Waals surface area contributed by atoms with Crippen molar-refractivity contribution in [1.29, 1.82) is 0 Å². The van der Waals surface area contributed by atoms with Gasteiger partial charge >= 0.3 is 0 Å². The van der Waals surface area contributed by atoms with Gasteiger partial charge in [-0.05, 0) is 67.6 Å². The molecule has 0 saturated carbocycles. The lowest BCUT2D eigenvalue weighted by Crippen LogP contribution is -2.44. The molecule has 9 heteroatoms. The molecule has 1 aromatic heterocycles. The molecule has 1 atom stereocenters. The zero-order valence-electron chi connectivity index (χ0n) is 20.6. The van der Waals surface area contributed by atoms with Crippen molar-refractivity contribution in [1.82, 2.24) is 19.2 Å². The van der Waals surface area contributed by atoms with Gasteiger partial charge in [-0.2, -0.15) is 4.31 Å². The van der Waals surface area contributed by atoms with Crippen molar-refractivity contribution >= 4 is 15.9 Å². The van der Waals surface area contributed by atoms with Crippen LogP contribution in [0.5, 0.6) is 5.75 Å². The number of methoxy groups -OCH3 is 1. The van der Waals surface area contributed by atoms with Gasteiger partial charge in [0.1, 0.15) is 17.6 Å². The molecule has 3 aromatic rings. The van der Waals surface area contributed by atoms with Crippen LogP contribution < -0.4 is 10.1 Å². The maximum Gasteiger partial charge on any atom is 0.243 e. The predicted molar refractivity (Wildman–Crippen MR) is 134 cm³/mol. The van der Waals surface area contributed by atoms with E-state index in [-0.39, 0.29) is 11.8 Å². The van der Waals surface area contributed by atoms with Crippen LogP contribution >= 0.6 is 0 Å². The molecule has 35 heavy (non-hydrogen) atoms. The molecule has 1 aliphatic heterocycles. The largest absolute Gasteiger partial charge is 0.497 e. The van der Waals surface area contributed by atoms with E-state index in [1.54, 1.807) is 25.4 Å². The minimum atomic E-state index is -3.59. The van der Waals surface area contributed by atoms with E-state index in [1.165, 1.54) is 4.31 Å². The number of imidazole rings is 1. The first-order chi connectivity index (χ1) is 16.7. The number of amides is 1. The van der Waals surface area contributed by atoms with Gasteiger partial charge in [0.2, 0.25) is 15.9 Å².